The number of rotatable bonds is 10. The molecule has 0 aliphatic heterocycles. The summed E-state index contributed by atoms with van der Waals surface area (Å²) in [5, 5.41) is 19.5. The molecule has 1 aromatic rings. The smallest absolute Gasteiger partial charge is 0.193 e. The maximum absolute atomic E-state index is 12.4. The van der Waals surface area contributed by atoms with Gasteiger partial charge in [-0.1, -0.05) is 49.8 Å². The van der Waals surface area contributed by atoms with Crippen molar-refractivity contribution in [3.63, 3.8) is 0 Å². The summed E-state index contributed by atoms with van der Waals surface area (Å²) >= 11 is 0. The van der Waals surface area contributed by atoms with Gasteiger partial charge in [0.15, 0.2) is 11.6 Å². The maximum atomic E-state index is 12.4. The molecule has 1 aliphatic rings. The minimum atomic E-state index is -1.39. The minimum Gasteiger partial charge on any atom is -0.395 e. The van der Waals surface area contributed by atoms with Crippen LogP contribution in [0, 0.1) is 5.92 Å². The lowest BCUT2D eigenvalue weighted by Crippen LogP contribution is -2.33. The zero-order valence-corrected chi connectivity index (χ0v) is 17.9. The van der Waals surface area contributed by atoms with Crippen LogP contribution >= 0.6 is 0 Å². The van der Waals surface area contributed by atoms with E-state index in [1.165, 1.54) is 13.8 Å². The number of nitrogens with zero attached hydrogens (tertiary/aromatic N) is 1. The van der Waals surface area contributed by atoms with Crippen LogP contribution in [-0.4, -0.2) is 52.0 Å². The average Bonchev–Trinajstić information content (AvgIpc) is 2.66. The van der Waals surface area contributed by atoms with E-state index >= 15 is 0 Å². The molecule has 5 nitrogen and oxygen atoms in total. The van der Waals surface area contributed by atoms with E-state index < -0.39 is 5.60 Å². The molecular formula is C24H33NO4. The third kappa shape index (κ3) is 6.74. The van der Waals surface area contributed by atoms with Crippen molar-refractivity contribution in [2.24, 2.45) is 5.92 Å². The third-order valence-corrected chi connectivity index (χ3v) is 4.99. The highest BCUT2D eigenvalue weighted by Crippen LogP contribution is 2.23. The first-order chi connectivity index (χ1) is 13.6. The van der Waals surface area contributed by atoms with Crippen LogP contribution in [0.1, 0.15) is 56.5 Å². The second-order valence-electron chi connectivity index (χ2n) is 8.54. The van der Waals surface area contributed by atoms with Crippen LogP contribution in [0.25, 0.3) is 0 Å². The summed E-state index contributed by atoms with van der Waals surface area (Å²) in [6, 6.07) is 7.64. The van der Waals surface area contributed by atoms with Gasteiger partial charge in [-0.2, -0.15) is 0 Å². The Bertz CT molecular complexity index is 799. The van der Waals surface area contributed by atoms with Gasteiger partial charge in [0.2, 0.25) is 0 Å². The van der Waals surface area contributed by atoms with Gasteiger partial charge in [0.25, 0.3) is 0 Å². The molecule has 29 heavy (non-hydrogen) atoms. The lowest BCUT2D eigenvalue weighted by atomic mass is 9.90. The second-order valence-corrected chi connectivity index (χ2v) is 8.54. The van der Waals surface area contributed by atoms with Gasteiger partial charge < -0.3 is 10.2 Å². The van der Waals surface area contributed by atoms with Gasteiger partial charge in [0.1, 0.15) is 5.60 Å². The van der Waals surface area contributed by atoms with E-state index in [2.05, 4.69) is 4.90 Å². The van der Waals surface area contributed by atoms with Crippen LogP contribution in [-0.2, 0) is 11.3 Å². The molecule has 5 heteroatoms. The molecule has 0 bridgehead atoms. The Kier molecular flexibility index (Phi) is 8.08. The number of allylic oxidation sites excluding steroid dienone is 2. The summed E-state index contributed by atoms with van der Waals surface area (Å²) in [5.74, 6) is -0.205. The highest BCUT2D eigenvalue weighted by molar-refractivity contribution is 6.03. The number of benzene rings is 1. The van der Waals surface area contributed by atoms with E-state index in [1.807, 2.05) is 50.3 Å². The number of hydrogen-bond donors (Lipinski definition) is 2. The van der Waals surface area contributed by atoms with E-state index in [1.54, 1.807) is 0 Å². The minimum absolute atomic E-state index is 0.0309. The van der Waals surface area contributed by atoms with Gasteiger partial charge in [-0.3, -0.25) is 14.5 Å². The highest BCUT2D eigenvalue weighted by atomic mass is 16.3. The Morgan fingerprint density at radius 2 is 1.93 bits per heavy atom. The molecule has 0 saturated carbocycles. The topological polar surface area (TPSA) is 77.8 Å². The first kappa shape index (κ1) is 23.2. The van der Waals surface area contributed by atoms with Crippen molar-refractivity contribution < 1.29 is 19.8 Å². The SMILES string of the molecule is CC(C)C(=O)c1cccc(CN(CCO)CC2=CC(C(=O)C(C)(C)O)=CCC2)c1. The fraction of sp³-hybridized carbons (Fsp3) is 0.500. The number of aliphatic hydroxyl groups is 2. The van der Waals surface area contributed by atoms with Crippen LogP contribution in [0.4, 0.5) is 0 Å². The lowest BCUT2D eigenvalue weighted by molar-refractivity contribution is -0.129. The number of ketones is 2. The number of Topliss-reactive ketones (excluding diaryl/α,β-unsaturated/α-hetero) is 2. The summed E-state index contributed by atoms with van der Waals surface area (Å²) in [6.07, 6.45) is 5.35. The normalized spacial score (nSPS) is 14.8. The fourth-order valence-electron chi connectivity index (χ4n) is 3.46. The van der Waals surface area contributed by atoms with Gasteiger partial charge in [0, 0.05) is 36.7 Å². The summed E-state index contributed by atoms with van der Waals surface area (Å²) in [4.78, 5) is 26.8. The van der Waals surface area contributed by atoms with Crippen LogP contribution in [0.15, 0.2) is 47.6 Å². The van der Waals surface area contributed by atoms with Crippen molar-refractivity contribution in [2.75, 3.05) is 19.7 Å². The predicted molar refractivity (Wildman–Crippen MR) is 115 cm³/mol. The Hall–Kier alpha value is -2.08. The summed E-state index contributed by atoms with van der Waals surface area (Å²) in [5.41, 5.74) is 1.98. The first-order valence-corrected chi connectivity index (χ1v) is 10.2. The highest BCUT2D eigenvalue weighted by Gasteiger charge is 2.27. The van der Waals surface area contributed by atoms with Crippen molar-refractivity contribution in [3.8, 4) is 0 Å². The van der Waals surface area contributed by atoms with Crippen molar-refractivity contribution >= 4 is 11.6 Å². The van der Waals surface area contributed by atoms with Crippen molar-refractivity contribution in [2.45, 2.75) is 52.7 Å². The first-order valence-electron chi connectivity index (χ1n) is 10.2. The maximum Gasteiger partial charge on any atom is 0.193 e. The third-order valence-electron chi connectivity index (χ3n) is 4.99. The molecule has 0 fully saturated rings. The van der Waals surface area contributed by atoms with Crippen LogP contribution in [0.5, 0.6) is 0 Å². The standard InChI is InChI=1S/C24H33NO4/c1-17(2)22(27)20-9-5-7-18(13-20)15-25(11-12-26)16-19-8-6-10-21(14-19)23(28)24(3,4)29/h5,7,9-10,13-14,17,26,29H,6,8,11-12,15-16H2,1-4H3. The zero-order chi connectivity index (χ0) is 21.6. The fourth-order valence-corrected chi connectivity index (χ4v) is 3.46. The van der Waals surface area contributed by atoms with Crippen molar-refractivity contribution in [1.82, 2.24) is 4.90 Å². The Morgan fingerprint density at radius 1 is 1.21 bits per heavy atom. The monoisotopic (exact) mass is 399 g/mol. The molecule has 1 aromatic carbocycles. The van der Waals surface area contributed by atoms with Crippen LogP contribution in [0.3, 0.4) is 0 Å². The number of hydrogen-bond acceptors (Lipinski definition) is 5. The molecule has 0 spiro atoms. The second kappa shape index (κ2) is 10.1. The van der Waals surface area contributed by atoms with E-state index in [0.717, 1.165) is 24.0 Å². The molecule has 0 amide bonds. The number of aliphatic hydroxyl groups excluding tert-OH is 1. The van der Waals surface area contributed by atoms with Gasteiger partial charge in [-0.05, 0) is 38.3 Å². The Morgan fingerprint density at radius 3 is 2.55 bits per heavy atom. The zero-order valence-electron chi connectivity index (χ0n) is 17.9. The molecular weight excluding hydrogens is 366 g/mol. The summed E-state index contributed by atoms with van der Waals surface area (Å²) < 4.78 is 0. The summed E-state index contributed by atoms with van der Waals surface area (Å²) in [7, 11) is 0. The van der Waals surface area contributed by atoms with Gasteiger partial charge in [-0.25, -0.2) is 0 Å². The molecule has 2 N–H and O–H groups in total. The molecule has 0 heterocycles. The van der Waals surface area contributed by atoms with E-state index in [-0.39, 0.29) is 24.1 Å². The van der Waals surface area contributed by atoms with E-state index in [0.29, 0.717) is 30.8 Å². The van der Waals surface area contributed by atoms with Gasteiger partial charge in [-0.15, -0.1) is 0 Å². The van der Waals surface area contributed by atoms with E-state index in [4.69, 9.17) is 0 Å². The average molecular weight is 400 g/mol. The Labute approximate surface area is 173 Å². The van der Waals surface area contributed by atoms with Gasteiger partial charge >= 0.3 is 0 Å². The predicted octanol–water partition coefficient (Wildman–Crippen LogP) is 3.31. The van der Waals surface area contributed by atoms with Crippen molar-refractivity contribution in [1.29, 1.82) is 0 Å². The molecule has 0 radical (unpaired) electrons. The molecule has 1 aliphatic carbocycles. The van der Waals surface area contributed by atoms with Gasteiger partial charge in [0.05, 0.1) is 6.61 Å². The molecule has 0 saturated heterocycles. The number of carbonyl (C=O) groups is 2. The Balaban J connectivity index is 2.14. The molecule has 0 atom stereocenters. The molecule has 2 rings (SSSR count). The van der Waals surface area contributed by atoms with Crippen molar-refractivity contribution in [3.05, 3.63) is 58.7 Å². The van der Waals surface area contributed by atoms with Crippen LogP contribution < -0.4 is 0 Å². The summed E-state index contributed by atoms with van der Waals surface area (Å²) in [6.45, 7) is 8.55. The molecule has 0 unspecified atom stereocenters. The largest absolute Gasteiger partial charge is 0.395 e. The van der Waals surface area contributed by atoms with Crippen LogP contribution in [0.2, 0.25) is 0 Å². The quantitative estimate of drug-likeness (QED) is 0.590. The number of carbonyl (C=O) groups excluding carboxylic acids is 2. The molecule has 158 valence electrons. The molecule has 0 aromatic heterocycles. The van der Waals surface area contributed by atoms with E-state index in [9.17, 15) is 19.8 Å². The lowest BCUT2D eigenvalue weighted by Gasteiger charge is -2.25.